The van der Waals surface area contributed by atoms with Gasteiger partial charge in [0.05, 0.1) is 11.9 Å². The Morgan fingerprint density at radius 1 is 1.29 bits per heavy atom. The molecule has 1 N–H and O–H groups in total. The van der Waals surface area contributed by atoms with E-state index >= 15 is 0 Å². The van der Waals surface area contributed by atoms with Crippen molar-refractivity contribution in [2.45, 2.75) is 19.4 Å². The van der Waals surface area contributed by atoms with Crippen molar-refractivity contribution < 1.29 is 22.3 Å². The van der Waals surface area contributed by atoms with E-state index in [9.17, 15) is 17.6 Å². The lowest BCUT2D eigenvalue weighted by atomic mass is 10.1. The van der Waals surface area contributed by atoms with Gasteiger partial charge in [-0.05, 0) is 30.7 Å². The van der Waals surface area contributed by atoms with Crippen molar-refractivity contribution in [1.29, 1.82) is 0 Å². The number of rotatable bonds is 9. The molecule has 1 amide bonds. The van der Waals surface area contributed by atoms with Crippen molar-refractivity contribution in [3.8, 4) is 5.75 Å². The molecule has 8 heteroatoms. The van der Waals surface area contributed by atoms with Gasteiger partial charge in [0.2, 0.25) is 15.9 Å². The van der Waals surface area contributed by atoms with E-state index in [0.29, 0.717) is 18.0 Å². The summed E-state index contributed by atoms with van der Waals surface area (Å²) in [5.74, 6) is -0.768. The highest BCUT2D eigenvalue weighted by molar-refractivity contribution is 7.92. The van der Waals surface area contributed by atoms with Crippen molar-refractivity contribution in [3.05, 3.63) is 67.0 Å². The Morgan fingerprint density at radius 2 is 2.00 bits per heavy atom. The van der Waals surface area contributed by atoms with Crippen LogP contribution in [0.4, 0.5) is 15.8 Å². The number of anilines is 2. The van der Waals surface area contributed by atoms with E-state index in [4.69, 9.17) is 4.74 Å². The lowest BCUT2D eigenvalue weighted by molar-refractivity contribution is -0.117. The number of para-hydroxylation sites is 1. The summed E-state index contributed by atoms with van der Waals surface area (Å²) in [6.07, 6.45) is 2.69. The van der Waals surface area contributed by atoms with Crippen molar-refractivity contribution in [2.75, 3.05) is 22.5 Å². The molecule has 0 unspecified atom stereocenters. The van der Waals surface area contributed by atoms with Gasteiger partial charge in [-0.15, -0.1) is 0 Å². The second-order valence-electron chi connectivity index (χ2n) is 6.05. The summed E-state index contributed by atoms with van der Waals surface area (Å²) in [4.78, 5) is 12.8. The zero-order valence-corrected chi connectivity index (χ0v) is 16.6. The Balaban J connectivity index is 2.32. The maximum atomic E-state index is 14.3. The van der Waals surface area contributed by atoms with Crippen LogP contribution in [0.1, 0.15) is 13.3 Å². The number of carbonyl (C=O) groups excluding carboxylic acids is 1. The molecule has 0 aliphatic heterocycles. The molecule has 0 bridgehead atoms. The predicted octanol–water partition coefficient (Wildman–Crippen LogP) is 3.57. The van der Waals surface area contributed by atoms with Crippen molar-refractivity contribution >= 4 is 27.3 Å². The normalized spacial score (nSPS) is 12.1. The highest BCUT2D eigenvalue weighted by Gasteiger charge is 2.33. The molecule has 2 aromatic carbocycles. The van der Waals surface area contributed by atoms with Gasteiger partial charge in [0.25, 0.3) is 0 Å². The fourth-order valence-corrected chi connectivity index (χ4v) is 3.92. The van der Waals surface area contributed by atoms with Crippen molar-refractivity contribution in [2.24, 2.45) is 0 Å². The molecule has 0 aliphatic carbocycles. The van der Waals surface area contributed by atoms with Crippen LogP contribution >= 0.6 is 0 Å². The molecule has 0 saturated heterocycles. The minimum atomic E-state index is -3.91. The quantitative estimate of drug-likeness (QED) is 0.646. The van der Waals surface area contributed by atoms with Gasteiger partial charge in [-0.1, -0.05) is 37.8 Å². The average Bonchev–Trinajstić information content (AvgIpc) is 2.64. The Bertz CT molecular complexity index is 947. The zero-order valence-electron chi connectivity index (χ0n) is 15.8. The number of hydrogen-bond acceptors (Lipinski definition) is 4. The number of benzene rings is 2. The monoisotopic (exact) mass is 406 g/mol. The lowest BCUT2D eigenvalue weighted by Crippen LogP contribution is -2.47. The first-order valence-electron chi connectivity index (χ1n) is 8.66. The molecule has 6 nitrogen and oxygen atoms in total. The Labute approximate surface area is 164 Å². The summed E-state index contributed by atoms with van der Waals surface area (Å²) < 4.78 is 45.2. The van der Waals surface area contributed by atoms with Crippen LogP contribution in [0.25, 0.3) is 0 Å². The molecule has 0 spiro atoms. The first kappa shape index (κ1) is 21.4. The molecule has 28 heavy (non-hydrogen) atoms. The van der Waals surface area contributed by atoms with E-state index in [1.165, 1.54) is 18.2 Å². The molecule has 0 fully saturated rings. The molecule has 2 rings (SSSR count). The first-order chi connectivity index (χ1) is 13.3. The molecule has 150 valence electrons. The van der Waals surface area contributed by atoms with Gasteiger partial charge in [-0.25, -0.2) is 12.8 Å². The standard InChI is InChI=1S/C20H23FN2O4S/c1-4-13-27-16-10-8-9-15(14-16)22-20(24)18(5-2)23(28(3,25)26)19-12-7-6-11-17(19)21/h4,6-12,14,18H,1,5,13H2,2-3H3,(H,22,24)/t18-/m1/s1. The molecule has 0 saturated carbocycles. The highest BCUT2D eigenvalue weighted by Crippen LogP contribution is 2.26. The molecule has 0 aromatic heterocycles. The summed E-state index contributed by atoms with van der Waals surface area (Å²) in [6.45, 7) is 5.54. The predicted molar refractivity (Wildman–Crippen MR) is 109 cm³/mol. The second kappa shape index (κ2) is 9.36. The van der Waals surface area contributed by atoms with Crippen LogP contribution in [0.5, 0.6) is 5.75 Å². The number of halogens is 1. The summed E-state index contributed by atoms with van der Waals surface area (Å²) in [5, 5.41) is 2.68. The SMILES string of the molecule is C=CCOc1cccc(NC(=O)[C@@H](CC)N(c2ccccc2F)S(C)(=O)=O)c1. The number of carbonyl (C=O) groups is 1. The maximum absolute atomic E-state index is 14.3. The minimum Gasteiger partial charge on any atom is -0.489 e. The lowest BCUT2D eigenvalue weighted by Gasteiger charge is -2.30. The van der Waals surface area contributed by atoms with E-state index in [2.05, 4.69) is 11.9 Å². The Kier molecular flexibility index (Phi) is 7.17. The van der Waals surface area contributed by atoms with E-state index < -0.39 is 27.8 Å². The summed E-state index contributed by atoms with van der Waals surface area (Å²) >= 11 is 0. The van der Waals surface area contributed by atoms with E-state index in [1.807, 2.05) is 0 Å². The molecular weight excluding hydrogens is 383 g/mol. The smallest absolute Gasteiger partial charge is 0.248 e. The van der Waals surface area contributed by atoms with Crippen LogP contribution in [-0.2, 0) is 14.8 Å². The van der Waals surface area contributed by atoms with Crippen LogP contribution in [0, 0.1) is 5.82 Å². The van der Waals surface area contributed by atoms with Crippen LogP contribution in [0.2, 0.25) is 0 Å². The fraction of sp³-hybridized carbons (Fsp3) is 0.250. The van der Waals surface area contributed by atoms with Gasteiger partial charge >= 0.3 is 0 Å². The van der Waals surface area contributed by atoms with Gasteiger partial charge < -0.3 is 10.1 Å². The molecule has 0 radical (unpaired) electrons. The number of ether oxygens (including phenoxy) is 1. The molecule has 1 atom stereocenters. The van der Waals surface area contributed by atoms with Crippen LogP contribution in [0.3, 0.4) is 0 Å². The molecule has 2 aromatic rings. The number of sulfonamides is 1. The molecular formula is C20H23FN2O4S. The average molecular weight is 406 g/mol. The van der Waals surface area contributed by atoms with Gasteiger partial charge in [-0.3, -0.25) is 9.10 Å². The molecule has 0 aliphatic rings. The van der Waals surface area contributed by atoms with E-state index in [1.54, 1.807) is 37.3 Å². The largest absolute Gasteiger partial charge is 0.489 e. The minimum absolute atomic E-state index is 0.153. The summed E-state index contributed by atoms with van der Waals surface area (Å²) in [5.41, 5.74) is 0.266. The first-order valence-corrected chi connectivity index (χ1v) is 10.5. The topological polar surface area (TPSA) is 75.7 Å². The number of nitrogens with one attached hydrogen (secondary N) is 1. The van der Waals surface area contributed by atoms with Crippen LogP contribution in [-0.4, -0.2) is 33.2 Å². The van der Waals surface area contributed by atoms with Crippen LogP contribution in [0.15, 0.2) is 61.2 Å². The number of amides is 1. The van der Waals surface area contributed by atoms with Crippen LogP contribution < -0.4 is 14.4 Å². The van der Waals surface area contributed by atoms with Gasteiger partial charge in [0, 0.05) is 11.8 Å². The van der Waals surface area contributed by atoms with Crippen molar-refractivity contribution in [3.63, 3.8) is 0 Å². The third kappa shape index (κ3) is 5.32. The highest BCUT2D eigenvalue weighted by atomic mass is 32.2. The fourth-order valence-electron chi connectivity index (χ4n) is 2.71. The number of hydrogen-bond donors (Lipinski definition) is 1. The molecule has 0 heterocycles. The maximum Gasteiger partial charge on any atom is 0.248 e. The zero-order chi connectivity index (χ0) is 20.7. The van der Waals surface area contributed by atoms with Gasteiger partial charge in [0.1, 0.15) is 24.2 Å². The van der Waals surface area contributed by atoms with Crippen molar-refractivity contribution in [1.82, 2.24) is 0 Å². The van der Waals surface area contributed by atoms with E-state index in [-0.39, 0.29) is 12.1 Å². The van der Waals surface area contributed by atoms with Gasteiger partial charge in [-0.2, -0.15) is 0 Å². The van der Waals surface area contributed by atoms with Gasteiger partial charge in [0.15, 0.2) is 0 Å². The summed E-state index contributed by atoms with van der Waals surface area (Å²) in [6, 6.07) is 11.0. The third-order valence-corrected chi connectivity index (χ3v) is 5.05. The summed E-state index contributed by atoms with van der Waals surface area (Å²) in [7, 11) is -3.91. The third-order valence-electron chi connectivity index (χ3n) is 3.89. The Hall–Kier alpha value is -2.87. The number of nitrogens with zero attached hydrogens (tertiary/aromatic N) is 1. The Morgan fingerprint density at radius 3 is 2.61 bits per heavy atom. The second-order valence-corrected chi connectivity index (χ2v) is 7.91. The van der Waals surface area contributed by atoms with E-state index in [0.717, 1.165) is 16.6 Å².